The second-order valence-electron chi connectivity index (χ2n) is 2.14. The van der Waals surface area contributed by atoms with Crippen LogP contribution >= 0.6 is 15.9 Å². The van der Waals surface area contributed by atoms with Crippen LogP contribution in [0, 0.1) is 10.1 Å². The van der Waals surface area contributed by atoms with Gasteiger partial charge in [0.2, 0.25) is 0 Å². The van der Waals surface area contributed by atoms with Crippen LogP contribution in [0.3, 0.4) is 0 Å². The number of nitrogens with zero attached hydrogens (tertiary/aromatic N) is 1. The summed E-state index contributed by atoms with van der Waals surface area (Å²) in [5, 5.41) is 10.4. The SMILES string of the molecule is C=Cc1cccc([N+](=O)[O-])c1Br. The van der Waals surface area contributed by atoms with E-state index < -0.39 is 4.92 Å². The Labute approximate surface area is 78.0 Å². The van der Waals surface area contributed by atoms with Crippen LogP contribution in [0.5, 0.6) is 0 Å². The van der Waals surface area contributed by atoms with Gasteiger partial charge in [-0.2, -0.15) is 0 Å². The summed E-state index contributed by atoms with van der Waals surface area (Å²) < 4.78 is 0.477. The van der Waals surface area contributed by atoms with Gasteiger partial charge in [-0.3, -0.25) is 10.1 Å². The van der Waals surface area contributed by atoms with E-state index in [4.69, 9.17) is 0 Å². The molecule has 0 aliphatic carbocycles. The van der Waals surface area contributed by atoms with Gasteiger partial charge in [-0.05, 0) is 21.5 Å². The molecule has 3 nitrogen and oxygen atoms in total. The van der Waals surface area contributed by atoms with Crippen molar-refractivity contribution in [1.82, 2.24) is 0 Å². The van der Waals surface area contributed by atoms with Crippen LogP contribution in [0.4, 0.5) is 5.69 Å². The average molecular weight is 228 g/mol. The lowest BCUT2D eigenvalue weighted by atomic mass is 10.2. The smallest absolute Gasteiger partial charge is 0.258 e. The third-order valence-electron chi connectivity index (χ3n) is 1.42. The first-order chi connectivity index (χ1) is 5.66. The molecule has 12 heavy (non-hydrogen) atoms. The van der Waals surface area contributed by atoms with Crippen LogP contribution in [0.25, 0.3) is 6.08 Å². The lowest BCUT2D eigenvalue weighted by Crippen LogP contribution is -1.90. The molecule has 0 fully saturated rings. The minimum Gasteiger partial charge on any atom is -0.258 e. The molecule has 0 N–H and O–H groups in total. The van der Waals surface area contributed by atoms with Crippen molar-refractivity contribution in [3.8, 4) is 0 Å². The zero-order chi connectivity index (χ0) is 9.14. The molecule has 0 atom stereocenters. The van der Waals surface area contributed by atoms with Crippen LogP contribution in [0.15, 0.2) is 29.3 Å². The normalized spacial score (nSPS) is 9.42. The molecule has 0 aliphatic heterocycles. The molecule has 0 unspecified atom stereocenters. The highest BCUT2D eigenvalue weighted by molar-refractivity contribution is 9.10. The number of benzene rings is 1. The van der Waals surface area contributed by atoms with E-state index in [-0.39, 0.29) is 5.69 Å². The van der Waals surface area contributed by atoms with Crippen molar-refractivity contribution < 1.29 is 4.92 Å². The Morgan fingerprint density at radius 2 is 2.25 bits per heavy atom. The van der Waals surface area contributed by atoms with Crippen molar-refractivity contribution in [3.63, 3.8) is 0 Å². The van der Waals surface area contributed by atoms with Gasteiger partial charge in [-0.15, -0.1) is 0 Å². The fourth-order valence-corrected chi connectivity index (χ4v) is 1.41. The summed E-state index contributed by atoms with van der Waals surface area (Å²) in [5.74, 6) is 0. The summed E-state index contributed by atoms with van der Waals surface area (Å²) in [5.41, 5.74) is 0.789. The molecule has 0 heterocycles. The summed E-state index contributed by atoms with van der Waals surface area (Å²) in [6.45, 7) is 3.54. The molecule has 0 saturated heterocycles. The summed E-state index contributed by atoms with van der Waals surface area (Å²) in [7, 11) is 0. The second kappa shape index (κ2) is 3.49. The van der Waals surface area contributed by atoms with Gasteiger partial charge >= 0.3 is 0 Å². The standard InChI is InChI=1S/C8H6BrNO2/c1-2-6-4-3-5-7(8(6)9)10(11)12/h2-5H,1H2. The lowest BCUT2D eigenvalue weighted by Gasteiger charge is -1.97. The fraction of sp³-hybridized carbons (Fsp3) is 0. The lowest BCUT2D eigenvalue weighted by molar-refractivity contribution is -0.385. The maximum atomic E-state index is 10.4. The molecular weight excluding hydrogens is 222 g/mol. The van der Waals surface area contributed by atoms with Crippen LogP contribution < -0.4 is 0 Å². The summed E-state index contributed by atoms with van der Waals surface area (Å²) in [6, 6.07) is 4.82. The third kappa shape index (κ3) is 1.53. The highest BCUT2D eigenvalue weighted by Gasteiger charge is 2.12. The summed E-state index contributed by atoms with van der Waals surface area (Å²) in [4.78, 5) is 10.00. The minimum absolute atomic E-state index is 0.0624. The van der Waals surface area contributed by atoms with E-state index in [2.05, 4.69) is 22.5 Å². The molecule has 1 aromatic carbocycles. The van der Waals surface area contributed by atoms with Gasteiger partial charge in [0.15, 0.2) is 0 Å². The fourth-order valence-electron chi connectivity index (χ4n) is 0.836. The average Bonchev–Trinajstić information content (AvgIpc) is 2.04. The Hall–Kier alpha value is -1.16. The maximum Gasteiger partial charge on any atom is 0.284 e. The molecule has 0 aliphatic rings. The zero-order valence-electron chi connectivity index (χ0n) is 6.16. The topological polar surface area (TPSA) is 43.1 Å². The number of nitro benzene ring substituents is 1. The minimum atomic E-state index is -0.433. The van der Waals surface area contributed by atoms with Crippen molar-refractivity contribution >= 4 is 27.7 Å². The Kier molecular flexibility index (Phi) is 2.60. The van der Waals surface area contributed by atoms with Crippen molar-refractivity contribution in [1.29, 1.82) is 0 Å². The number of halogens is 1. The monoisotopic (exact) mass is 227 g/mol. The molecule has 1 rings (SSSR count). The van der Waals surface area contributed by atoms with Gasteiger partial charge in [0.25, 0.3) is 5.69 Å². The number of nitro groups is 1. The molecule has 0 radical (unpaired) electrons. The number of hydrogen-bond acceptors (Lipinski definition) is 2. The third-order valence-corrected chi connectivity index (χ3v) is 2.29. The van der Waals surface area contributed by atoms with E-state index in [9.17, 15) is 10.1 Å². The first-order valence-corrected chi connectivity index (χ1v) is 4.01. The molecule has 62 valence electrons. The van der Waals surface area contributed by atoms with Crippen LogP contribution in [-0.2, 0) is 0 Å². The van der Waals surface area contributed by atoms with E-state index in [0.29, 0.717) is 4.47 Å². The predicted molar refractivity (Wildman–Crippen MR) is 50.9 cm³/mol. The maximum absolute atomic E-state index is 10.4. The first kappa shape index (κ1) is 8.93. The molecule has 0 aromatic heterocycles. The van der Waals surface area contributed by atoms with Crippen molar-refractivity contribution in [2.75, 3.05) is 0 Å². The highest BCUT2D eigenvalue weighted by Crippen LogP contribution is 2.28. The van der Waals surface area contributed by atoms with Crippen molar-refractivity contribution in [2.24, 2.45) is 0 Å². The summed E-state index contributed by atoms with van der Waals surface area (Å²) >= 11 is 3.13. The van der Waals surface area contributed by atoms with E-state index in [0.717, 1.165) is 5.56 Å². The highest BCUT2D eigenvalue weighted by atomic mass is 79.9. The largest absolute Gasteiger partial charge is 0.284 e. The quantitative estimate of drug-likeness (QED) is 0.576. The van der Waals surface area contributed by atoms with Gasteiger partial charge in [0.1, 0.15) is 4.47 Å². The van der Waals surface area contributed by atoms with Gasteiger partial charge in [-0.1, -0.05) is 24.8 Å². The Morgan fingerprint density at radius 1 is 1.58 bits per heavy atom. The van der Waals surface area contributed by atoms with Crippen LogP contribution in [0.1, 0.15) is 5.56 Å². The van der Waals surface area contributed by atoms with Gasteiger partial charge < -0.3 is 0 Å². The first-order valence-electron chi connectivity index (χ1n) is 3.22. The van der Waals surface area contributed by atoms with E-state index in [1.807, 2.05) is 0 Å². The Bertz CT molecular complexity index is 336. The molecular formula is C8H6BrNO2. The second-order valence-corrected chi connectivity index (χ2v) is 2.93. The molecule has 0 bridgehead atoms. The van der Waals surface area contributed by atoms with Gasteiger partial charge in [0.05, 0.1) is 4.92 Å². The van der Waals surface area contributed by atoms with Crippen molar-refractivity contribution in [3.05, 3.63) is 44.9 Å². The number of hydrogen-bond donors (Lipinski definition) is 0. The summed E-state index contributed by atoms with van der Waals surface area (Å²) in [6.07, 6.45) is 1.57. The van der Waals surface area contributed by atoms with E-state index in [1.54, 1.807) is 18.2 Å². The molecule has 4 heteroatoms. The molecule has 0 spiro atoms. The molecule has 0 amide bonds. The molecule has 0 saturated carbocycles. The van der Waals surface area contributed by atoms with Gasteiger partial charge in [0, 0.05) is 6.07 Å². The van der Waals surface area contributed by atoms with E-state index in [1.165, 1.54) is 6.07 Å². The van der Waals surface area contributed by atoms with E-state index >= 15 is 0 Å². The van der Waals surface area contributed by atoms with Crippen LogP contribution in [0.2, 0.25) is 0 Å². The van der Waals surface area contributed by atoms with Gasteiger partial charge in [-0.25, -0.2) is 0 Å². The zero-order valence-corrected chi connectivity index (χ0v) is 7.74. The van der Waals surface area contributed by atoms with Crippen molar-refractivity contribution in [2.45, 2.75) is 0 Å². The number of rotatable bonds is 2. The Balaban J connectivity index is 3.32. The van der Waals surface area contributed by atoms with Crippen LogP contribution in [-0.4, -0.2) is 4.92 Å². The Morgan fingerprint density at radius 3 is 2.75 bits per heavy atom. The molecule has 1 aromatic rings. The predicted octanol–water partition coefficient (Wildman–Crippen LogP) is 3.00.